The van der Waals surface area contributed by atoms with Gasteiger partial charge in [0.2, 0.25) is 5.91 Å². The van der Waals surface area contributed by atoms with E-state index in [1.165, 1.54) is 11.1 Å². The minimum absolute atomic E-state index is 0.369. The molecule has 3 rings (SSSR count). The topological polar surface area (TPSA) is 20.3 Å². The molecule has 0 spiro atoms. The minimum atomic E-state index is 0.369. The van der Waals surface area contributed by atoms with E-state index in [1.54, 1.807) is 0 Å². The molecule has 1 aromatic rings. The third kappa shape index (κ3) is 2.56. The van der Waals surface area contributed by atoms with Crippen LogP contribution in [0.15, 0.2) is 24.3 Å². The van der Waals surface area contributed by atoms with Gasteiger partial charge in [-0.3, -0.25) is 4.79 Å². The highest BCUT2D eigenvalue weighted by atomic mass is 32.2. The molecule has 2 aliphatic rings. The Labute approximate surface area is 113 Å². The highest BCUT2D eigenvalue weighted by Crippen LogP contribution is 2.29. The summed E-state index contributed by atoms with van der Waals surface area (Å²) < 4.78 is 0. The molecule has 0 bridgehead atoms. The summed E-state index contributed by atoms with van der Waals surface area (Å²) in [6.07, 6.45) is 2.91. The fourth-order valence-corrected chi connectivity index (χ4v) is 3.89. The normalized spacial score (nSPS) is 19.9. The molecule has 1 aliphatic heterocycles. The molecule has 1 aliphatic carbocycles. The zero-order valence-electron chi connectivity index (χ0n) is 10.6. The van der Waals surface area contributed by atoms with Crippen molar-refractivity contribution in [2.45, 2.75) is 19.3 Å². The molecule has 2 nitrogen and oxygen atoms in total. The number of carbonyl (C=O) groups is 1. The van der Waals surface area contributed by atoms with E-state index < -0.39 is 0 Å². The second-order valence-electron chi connectivity index (χ2n) is 5.24. The zero-order chi connectivity index (χ0) is 12.4. The van der Waals surface area contributed by atoms with Crippen molar-refractivity contribution in [3.8, 4) is 0 Å². The Kier molecular flexibility index (Phi) is 3.59. The van der Waals surface area contributed by atoms with E-state index in [0.29, 0.717) is 11.8 Å². The summed E-state index contributed by atoms with van der Waals surface area (Å²) in [5.74, 6) is 3.12. The maximum absolute atomic E-state index is 12.2. The van der Waals surface area contributed by atoms with Crippen molar-refractivity contribution in [3.63, 3.8) is 0 Å². The molecule has 1 amide bonds. The van der Waals surface area contributed by atoms with Gasteiger partial charge in [0, 0.05) is 31.0 Å². The summed E-state index contributed by atoms with van der Waals surface area (Å²) >= 11 is 1.95. The number of carbonyl (C=O) groups excluding carboxylic acids is 1. The van der Waals surface area contributed by atoms with Crippen LogP contribution in [0, 0.1) is 5.92 Å². The molecule has 3 heteroatoms. The van der Waals surface area contributed by atoms with Crippen LogP contribution in [0.2, 0.25) is 0 Å². The number of nitrogens with zero attached hydrogens (tertiary/aromatic N) is 1. The Morgan fingerprint density at radius 2 is 1.78 bits per heavy atom. The monoisotopic (exact) mass is 261 g/mol. The van der Waals surface area contributed by atoms with Gasteiger partial charge in [-0.25, -0.2) is 0 Å². The van der Waals surface area contributed by atoms with Crippen LogP contribution in [-0.4, -0.2) is 35.4 Å². The van der Waals surface area contributed by atoms with Crippen LogP contribution >= 0.6 is 11.8 Å². The zero-order valence-corrected chi connectivity index (χ0v) is 11.4. The van der Waals surface area contributed by atoms with Crippen LogP contribution in [0.3, 0.4) is 0 Å². The molecule has 0 atom stereocenters. The molecule has 96 valence electrons. The average molecular weight is 261 g/mol. The summed E-state index contributed by atoms with van der Waals surface area (Å²) in [7, 11) is 0. The first kappa shape index (κ1) is 12.1. The number of rotatable bonds is 2. The van der Waals surface area contributed by atoms with E-state index in [1.807, 2.05) is 11.8 Å². The third-order valence-corrected chi connectivity index (χ3v) is 4.91. The highest BCUT2D eigenvalue weighted by molar-refractivity contribution is 7.99. The van der Waals surface area contributed by atoms with Gasteiger partial charge in [0.1, 0.15) is 0 Å². The van der Waals surface area contributed by atoms with Crippen molar-refractivity contribution < 1.29 is 4.79 Å². The molecule has 0 N–H and O–H groups in total. The van der Waals surface area contributed by atoms with Gasteiger partial charge < -0.3 is 4.90 Å². The van der Waals surface area contributed by atoms with Gasteiger partial charge in [0.15, 0.2) is 0 Å². The number of amides is 1. The molecular formula is C15H19NOS. The lowest BCUT2D eigenvalue weighted by Crippen LogP contribution is -2.38. The van der Waals surface area contributed by atoms with Gasteiger partial charge in [0.25, 0.3) is 0 Å². The first-order chi connectivity index (χ1) is 8.83. The van der Waals surface area contributed by atoms with Crippen LogP contribution < -0.4 is 0 Å². The maximum Gasteiger partial charge on any atom is 0.222 e. The Balaban J connectivity index is 1.57. The molecule has 1 saturated heterocycles. The number of hydrogen-bond acceptors (Lipinski definition) is 2. The van der Waals surface area contributed by atoms with Crippen LogP contribution in [0.1, 0.15) is 17.5 Å². The number of hydrogen-bond donors (Lipinski definition) is 0. The summed E-state index contributed by atoms with van der Waals surface area (Å²) in [5.41, 5.74) is 2.90. The number of benzene rings is 1. The molecule has 0 saturated carbocycles. The van der Waals surface area contributed by atoms with Gasteiger partial charge in [-0.05, 0) is 29.9 Å². The summed E-state index contributed by atoms with van der Waals surface area (Å²) in [6.45, 7) is 1.90. The minimum Gasteiger partial charge on any atom is -0.341 e. The van der Waals surface area contributed by atoms with Crippen LogP contribution in [-0.2, 0) is 17.6 Å². The van der Waals surface area contributed by atoms with Crippen molar-refractivity contribution in [3.05, 3.63) is 35.4 Å². The molecule has 1 fully saturated rings. The van der Waals surface area contributed by atoms with Gasteiger partial charge >= 0.3 is 0 Å². The van der Waals surface area contributed by atoms with E-state index in [0.717, 1.165) is 43.9 Å². The van der Waals surface area contributed by atoms with Gasteiger partial charge in [-0.2, -0.15) is 11.8 Å². The number of fused-ring (bicyclic) bond motifs is 1. The van der Waals surface area contributed by atoms with E-state index in [-0.39, 0.29) is 0 Å². The second-order valence-corrected chi connectivity index (χ2v) is 6.47. The van der Waals surface area contributed by atoms with Crippen molar-refractivity contribution >= 4 is 17.7 Å². The first-order valence-electron chi connectivity index (χ1n) is 6.75. The fourth-order valence-electron chi connectivity index (χ4n) is 2.98. The second kappa shape index (κ2) is 5.35. The largest absolute Gasteiger partial charge is 0.341 e. The Morgan fingerprint density at radius 1 is 1.17 bits per heavy atom. The van der Waals surface area contributed by atoms with Crippen LogP contribution in [0.5, 0.6) is 0 Å². The Morgan fingerprint density at radius 3 is 2.39 bits per heavy atom. The molecule has 18 heavy (non-hydrogen) atoms. The SMILES string of the molecule is O=C(CC1Cc2ccccc2C1)N1CCSCC1. The highest BCUT2D eigenvalue weighted by Gasteiger charge is 2.25. The van der Waals surface area contributed by atoms with E-state index >= 15 is 0 Å². The van der Waals surface area contributed by atoms with Crippen molar-refractivity contribution in [1.29, 1.82) is 0 Å². The molecular weight excluding hydrogens is 242 g/mol. The lowest BCUT2D eigenvalue weighted by Gasteiger charge is -2.27. The standard InChI is InChI=1S/C15H19NOS/c17-15(16-5-7-18-8-6-16)11-12-9-13-3-1-2-4-14(13)10-12/h1-4,12H,5-11H2. The lowest BCUT2D eigenvalue weighted by atomic mass is 10.0. The average Bonchev–Trinajstić information content (AvgIpc) is 2.82. The predicted octanol–water partition coefficient (Wildman–Crippen LogP) is 2.37. The summed E-state index contributed by atoms with van der Waals surface area (Å²) in [4.78, 5) is 14.3. The first-order valence-corrected chi connectivity index (χ1v) is 7.90. The van der Waals surface area contributed by atoms with Gasteiger partial charge in [0.05, 0.1) is 0 Å². The Hall–Kier alpha value is -0.960. The van der Waals surface area contributed by atoms with Crippen molar-refractivity contribution in [1.82, 2.24) is 4.90 Å². The Bertz CT molecular complexity index is 415. The molecule has 1 aromatic carbocycles. The van der Waals surface area contributed by atoms with Gasteiger partial charge in [-0.1, -0.05) is 24.3 Å². The van der Waals surface area contributed by atoms with E-state index in [4.69, 9.17) is 0 Å². The lowest BCUT2D eigenvalue weighted by molar-refractivity contribution is -0.131. The predicted molar refractivity (Wildman–Crippen MR) is 75.9 cm³/mol. The molecule has 0 aromatic heterocycles. The van der Waals surface area contributed by atoms with Crippen molar-refractivity contribution in [2.24, 2.45) is 5.92 Å². The quantitative estimate of drug-likeness (QED) is 0.814. The summed E-state index contributed by atoms with van der Waals surface area (Å²) in [6, 6.07) is 8.62. The molecule has 0 unspecified atom stereocenters. The fraction of sp³-hybridized carbons (Fsp3) is 0.533. The van der Waals surface area contributed by atoms with Crippen molar-refractivity contribution in [2.75, 3.05) is 24.6 Å². The van der Waals surface area contributed by atoms with E-state index in [9.17, 15) is 4.79 Å². The maximum atomic E-state index is 12.2. The third-order valence-electron chi connectivity index (χ3n) is 3.96. The molecule has 0 radical (unpaired) electrons. The van der Waals surface area contributed by atoms with E-state index in [2.05, 4.69) is 29.2 Å². The number of thioether (sulfide) groups is 1. The van der Waals surface area contributed by atoms with Crippen LogP contribution in [0.25, 0.3) is 0 Å². The van der Waals surface area contributed by atoms with Crippen LogP contribution in [0.4, 0.5) is 0 Å². The van der Waals surface area contributed by atoms with Gasteiger partial charge in [-0.15, -0.1) is 0 Å². The smallest absolute Gasteiger partial charge is 0.222 e. The summed E-state index contributed by atoms with van der Waals surface area (Å²) in [5, 5.41) is 0. The molecule has 1 heterocycles.